The smallest absolute Gasteiger partial charge is 0.245 e. The Hall–Kier alpha value is -1.48. The van der Waals surface area contributed by atoms with Crippen LogP contribution in [0.2, 0.25) is 5.15 Å². The van der Waals surface area contributed by atoms with Crippen molar-refractivity contribution >= 4 is 21.6 Å². The fraction of sp³-hybridized carbons (Fsp3) is 0.400. The average Bonchev–Trinajstić information content (AvgIpc) is 2.74. The van der Waals surface area contributed by atoms with Crippen LogP contribution in [0.1, 0.15) is 17.3 Å². The molecule has 9 heteroatoms. The number of aryl methyl sites for hydroxylation is 2. The molecule has 0 spiro atoms. The third kappa shape index (κ3) is 3.94. The summed E-state index contributed by atoms with van der Waals surface area (Å²) in [6, 6.07) is 5.72. The maximum Gasteiger partial charge on any atom is 0.245 e. The summed E-state index contributed by atoms with van der Waals surface area (Å²) in [6.45, 7) is 1.70. The third-order valence-electron chi connectivity index (χ3n) is 3.71. The highest BCUT2D eigenvalue weighted by Crippen LogP contribution is 2.25. The number of hydrogen-bond acceptors (Lipinski definition) is 4. The number of likely N-dealkylation sites (N-methyl/N-ethyl adjacent to an activating group) is 1. The SMILES string of the molecule is Cc1nn(C)c(Cl)c1S(=O)(=O)NCC(c1ccc(F)cc1)N(C)C. The van der Waals surface area contributed by atoms with E-state index < -0.39 is 10.0 Å². The highest BCUT2D eigenvalue weighted by molar-refractivity contribution is 7.89. The van der Waals surface area contributed by atoms with Crippen LogP contribution in [0.4, 0.5) is 4.39 Å². The van der Waals surface area contributed by atoms with Gasteiger partial charge in [0.1, 0.15) is 15.9 Å². The maximum absolute atomic E-state index is 13.1. The molecule has 24 heavy (non-hydrogen) atoms. The van der Waals surface area contributed by atoms with E-state index in [4.69, 9.17) is 11.6 Å². The molecule has 132 valence electrons. The summed E-state index contributed by atoms with van der Waals surface area (Å²) in [5, 5.41) is 4.08. The lowest BCUT2D eigenvalue weighted by atomic mass is 10.1. The first kappa shape index (κ1) is 18.9. The fourth-order valence-corrected chi connectivity index (χ4v) is 4.24. The van der Waals surface area contributed by atoms with Crippen molar-refractivity contribution < 1.29 is 12.8 Å². The highest BCUT2D eigenvalue weighted by atomic mass is 35.5. The maximum atomic E-state index is 13.1. The predicted molar refractivity (Wildman–Crippen MR) is 91.0 cm³/mol. The van der Waals surface area contributed by atoms with E-state index in [1.807, 2.05) is 19.0 Å². The van der Waals surface area contributed by atoms with Gasteiger partial charge in [-0.1, -0.05) is 23.7 Å². The Morgan fingerprint density at radius 1 is 1.33 bits per heavy atom. The van der Waals surface area contributed by atoms with Crippen LogP contribution in [0, 0.1) is 12.7 Å². The minimum atomic E-state index is -3.81. The molecule has 1 aromatic carbocycles. The van der Waals surface area contributed by atoms with Crippen molar-refractivity contribution in [3.63, 3.8) is 0 Å². The van der Waals surface area contributed by atoms with Gasteiger partial charge in [-0.25, -0.2) is 17.5 Å². The molecule has 2 aromatic rings. The number of hydrogen-bond donors (Lipinski definition) is 1. The number of rotatable bonds is 6. The number of halogens is 2. The highest BCUT2D eigenvalue weighted by Gasteiger charge is 2.26. The molecule has 1 unspecified atom stereocenters. The van der Waals surface area contributed by atoms with E-state index in [1.165, 1.54) is 16.8 Å². The zero-order valence-electron chi connectivity index (χ0n) is 13.9. The molecule has 0 amide bonds. The van der Waals surface area contributed by atoms with Gasteiger partial charge >= 0.3 is 0 Å². The molecule has 1 aromatic heterocycles. The lowest BCUT2D eigenvalue weighted by Gasteiger charge is -2.25. The molecule has 0 radical (unpaired) electrons. The number of nitrogens with zero attached hydrogens (tertiary/aromatic N) is 3. The predicted octanol–water partition coefficient (Wildman–Crippen LogP) is 2.10. The average molecular weight is 375 g/mol. The molecule has 2 rings (SSSR count). The quantitative estimate of drug-likeness (QED) is 0.840. The normalized spacial score (nSPS) is 13.5. The van der Waals surface area contributed by atoms with Gasteiger partial charge < -0.3 is 4.90 Å². The van der Waals surface area contributed by atoms with Crippen LogP contribution >= 0.6 is 11.6 Å². The van der Waals surface area contributed by atoms with Crippen molar-refractivity contribution in [3.05, 3.63) is 46.5 Å². The standard InChI is InChI=1S/C15H20ClFN4O2S/c1-10-14(15(16)21(4)19-10)24(22,23)18-9-13(20(2)3)11-5-7-12(17)8-6-11/h5-8,13,18H,9H2,1-4H3. The Morgan fingerprint density at radius 2 is 1.92 bits per heavy atom. The van der Waals surface area contributed by atoms with Crippen LogP contribution in [0.5, 0.6) is 0 Å². The number of sulfonamides is 1. The number of aromatic nitrogens is 2. The van der Waals surface area contributed by atoms with E-state index in [1.54, 1.807) is 26.1 Å². The minimum absolute atomic E-state index is 0.0247. The summed E-state index contributed by atoms with van der Waals surface area (Å²) in [5.74, 6) is -0.338. The van der Waals surface area contributed by atoms with E-state index >= 15 is 0 Å². The molecule has 6 nitrogen and oxygen atoms in total. The molecule has 1 heterocycles. The van der Waals surface area contributed by atoms with Gasteiger partial charge in [-0.15, -0.1) is 0 Å². The Balaban J connectivity index is 2.24. The van der Waals surface area contributed by atoms with Crippen molar-refractivity contribution in [2.45, 2.75) is 17.9 Å². The van der Waals surface area contributed by atoms with E-state index in [0.29, 0.717) is 5.69 Å². The first-order chi connectivity index (χ1) is 11.1. The summed E-state index contributed by atoms with van der Waals surface area (Å²) < 4.78 is 42.1. The van der Waals surface area contributed by atoms with Crippen molar-refractivity contribution in [1.82, 2.24) is 19.4 Å². The molecule has 0 saturated carbocycles. The summed E-state index contributed by atoms with van der Waals surface area (Å²) in [6.07, 6.45) is 0. The monoisotopic (exact) mass is 374 g/mol. The Kier molecular flexibility index (Phi) is 5.64. The van der Waals surface area contributed by atoms with Gasteiger partial charge in [0.2, 0.25) is 10.0 Å². The van der Waals surface area contributed by atoms with E-state index in [-0.39, 0.29) is 28.5 Å². The molecule has 1 atom stereocenters. The lowest BCUT2D eigenvalue weighted by Crippen LogP contribution is -2.34. The van der Waals surface area contributed by atoms with Crippen LogP contribution < -0.4 is 4.72 Å². The number of nitrogens with one attached hydrogen (secondary N) is 1. The van der Waals surface area contributed by atoms with Gasteiger partial charge in [0.25, 0.3) is 0 Å². The van der Waals surface area contributed by atoms with Gasteiger partial charge in [-0.05, 0) is 38.7 Å². The summed E-state index contributed by atoms with van der Waals surface area (Å²) in [7, 11) is 1.42. The second-order valence-corrected chi connectivity index (χ2v) is 7.77. The molecule has 0 aliphatic heterocycles. The first-order valence-electron chi connectivity index (χ1n) is 7.24. The topological polar surface area (TPSA) is 67.2 Å². The van der Waals surface area contributed by atoms with Crippen LogP contribution in [0.25, 0.3) is 0 Å². The lowest BCUT2D eigenvalue weighted by molar-refractivity contribution is 0.299. The second kappa shape index (κ2) is 7.18. The molecule has 0 aliphatic rings. The zero-order valence-corrected chi connectivity index (χ0v) is 15.5. The first-order valence-corrected chi connectivity index (χ1v) is 9.10. The molecule has 0 bridgehead atoms. The zero-order chi connectivity index (χ0) is 18.1. The molecule has 0 saturated heterocycles. The van der Waals surface area contributed by atoms with Crippen molar-refractivity contribution in [3.8, 4) is 0 Å². The Bertz CT molecular complexity index is 819. The minimum Gasteiger partial charge on any atom is -0.301 e. The van der Waals surface area contributed by atoms with Gasteiger partial charge in [0.15, 0.2) is 0 Å². The largest absolute Gasteiger partial charge is 0.301 e. The second-order valence-electron chi connectivity index (χ2n) is 5.71. The van der Waals surface area contributed by atoms with Crippen LogP contribution in [0.15, 0.2) is 29.2 Å². The van der Waals surface area contributed by atoms with E-state index in [0.717, 1.165) is 5.56 Å². The van der Waals surface area contributed by atoms with Crippen LogP contribution in [-0.2, 0) is 17.1 Å². The molecular formula is C15H20ClFN4O2S. The fourth-order valence-electron chi connectivity index (χ4n) is 2.46. The van der Waals surface area contributed by atoms with E-state index in [2.05, 4.69) is 9.82 Å². The summed E-state index contributed by atoms with van der Waals surface area (Å²) in [4.78, 5) is 1.83. The number of benzene rings is 1. The Morgan fingerprint density at radius 3 is 2.38 bits per heavy atom. The molecule has 1 N–H and O–H groups in total. The van der Waals surface area contributed by atoms with Crippen LogP contribution in [0.3, 0.4) is 0 Å². The van der Waals surface area contributed by atoms with Crippen molar-refractivity contribution in [2.24, 2.45) is 7.05 Å². The van der Waals surface area contributed by atoms with Gasteiger partial charge in [-0.2, -0.15) is 5.10 Å². The van der Waals surface area contributed by atoms with Gasteiger partial charge in [0, 0.05) is 19.6 Å². The van der Waals surface area contributed by atoms with Gasteiger partial charge in [0.05, 0.1) is 5.69 Å². The van der Waals surface area contributed by atoms with E-state index in [9.17, 15) is 12.8 Å². The van der Waals surface area contributed by atoms with Crippen molar-refractivity contribution in [2.75, 3.05) is 20.6 Å². The molecular weight excluding hydrogens is 355 g/mol. The Labute approximate surface area is 146 Å². The third-order valence-corrected chi connectivity index (χ3v) is 5.83. The van der Waals surface area contributed by atoms with Crippen LogP contribution in [-0.4, -0.2) is 43.7 Å². The summed E-state index contributed by atoms with van der Waals surface area (Å²) >= 11 is 6.04. The summed E-state index contributed by atoms with van der Waals surface area (Å²) in [5.41, 5.74) is 1.14. The molecule has 0 aliphatic carbocycles. The van der Waals surface area contributed by atoms with Gasteiger partial charge in [-0.3, -0.25) is 4.68 Å². The van der Waals surface area contributed by atoms with Crippen molar-refractivity contribution in [1.29, 1.82) is 0 Å². The molecule has 0 fully saturated rings.